The number of amides is 2. The summed E-state index contributed by atoms with van der Waals surface area (Å²) in [5, 5.41) is 11.2. The minimum absolute atomic E-state index is 0.0515. The van der Waals surface area contributed by atoms with E-state index in [0.717, 1.165) is 51.8 Å². The van der Waals surface area contributed by atoms with Crippen molar-refractivity contribution in [2.24, 2.45) is 0 Å². The van der Waals surface area contributed by atoms with E-state index >= 15 is 0 Å². The summed E-state index contributed by atoms with van der Waals surface area (Å²) in [6.45, 7) is 0. The first-order valence-corrected chi connectivity index (χ1v) is 12.5. The highest BCUT2D eigenvalue weighted by Gasteiger charge is 2.66. The van der Waals surface area contributed by atoms with Crippen LogP contribution >= 0.6 is 0 Å². The molecule has 198 valence electrons. The van der Waals surface area contributed by atoms with E-state index in [1.165, 1.54) is 6.33 Å². The Morgan fingerprint density at radius 1 is 1.05 bits per heavy atom. The molecule has 2 fully saturated rings. The Morgan fingerprint density at radius 3 is 2.54 bits per heavy atom. The Balaban J connectivity index is 1.20. The van der Waals surface area contributed by atoms with Gasteiger partial charge in [-0.15, -0.1) is 0 Å². The topological polar surface area (TPSA) is 124 Å². The lowest BCUT2D eigenvalue weighted by atomic mass is 9.97. The molecular weight excluding hydrogens is 511 g/mol. The lowest BCUT2D eigenvalue weighted by Crippen LogP contribution is -2.28. The van der Waals surface area contributed by atoms with Gasteiger partial charge >= 0.3 is 12.2 Å². The summed E-state index contributed by atoms with van der Waals surface area (Å²) in [6, 6.07) is 12.1. The molecule has 0 atom stereocenters. The third-order valence-corrected chi connectivity index (χ3v) is 7.57. The lowest BCUT2D eigenvalue weighted by Gasteiger charge is -2.15. The van der Waals surface area contributed by atoms with Gasteiger partial charge < -0.3 is 20.1 Å². The van der Waals surface area contributed by atoms with Crippen LogP contribution in [0.15, 0.2) is 59.5 Å². The number of benzene rings is 2. The number of fused-ring (bicyclic) bond motifs is 2. The fourth-order valence-corrected chi connectivity index (χ4v) is 5.22. The summed E-state index contributed by atoms with van der Waals surface area (Å²) in [7, 11) is 0. The van der Waals surface area contributed by atoms with Crippen molar-refractivity contribution < 1.29 is 22.5 Å². The van der Waals surface area contributed by atoms with Crippen molar-refractivity contribution in [2.75, 3.05) is 16.4 Å². The van der Waals surface area contributed by atoms with Gasteiger partial charge in [-0.1, -0.05) is 35.5 Å². The third-order valence-electron chi connectivity index (χ3n) is 7.57. The van der Waals surface area contributed by atoms with Crippen molar-refractivity contribution in [3.63, 3.8) is 0 Å². The summed E-state index contributed by atoms with van der Waals surface area (Å²) in [4.78, 5) is 21.5. The number of aromatic nitrogens is 4. The number of halogens is 3. The highest BCUT2D eigenvalue weighted by Crippen LogP contribution is 2.58. The van der Waals surface area contributed by atoms with Crippen LogP contribution in [-0.4, -0.2) is 31.9 Å². The van der Waals surface area contributed by atoms with Gasteiger partial charge in [0.1, 0.15) is 28.9 Å². The number of carbonyl (C=O) groups is 1. The second-order valence-corrected chi connectivity index (χ2v) is 10.1. The predicted molar refractivity (Wildman–Crippen MR) is 139 cm³/mol. The Kier molecular flexibility index (Phi) is 4.94. The molecule has 2 aromatic carbocycles. The molecule has 2 aliphatic carbocycles. The Labute approximate surface area is 219 Å². The lowest BCUT2D eigenvalue weighted by molar-refractivity contribution is -0.161. The second kappa shape index (κ2) is 8.19. The van der Waals surface area contributed by atoms with Gasteiger partial charge in [-0.05, 0) is 42.7 Å². The van der Waals surface area contributed by atoms with Crippen LogP contribution in [0.25, 0.3) is 32.9 Å². The fraction of sp³-hybridized carbons (Fsp3) is 0.259. The molecule has 0 spiro atoms. The van der Waals surface area contributed by atoms with Crippen molar-refractivity contribution >= 4 is 45.2 Å². The monoisotopic (exact) mass is 533 g/mol. The number of alkyl halides is 3. The molecule has 0 unspecified atom stereocenters. The average molecular weight is 534 g/mol. The standard InChI is InChI=1S/C27H22F3N7O2/c28-27(29,30)26(9-10-26)20-11-21(39-36-20)35-25(38)34-19-8-7-16(15-3-1-2-4-17(15)19)18-12-37(14-5-6-14)24-22(18)23(31)32-13-33-24/h1-4,7-8,11-14H,5-6,9-10H2,(H2,31,32,33)(H2,34,35,38). The van der Waals surface area contributed by atoms with Gasteiger partial charge in [0.05, 0.1) is 11.1 Å². The molecule has 39 heavy (non-hydrogen) atoms. The van der Waals surface area contributed by atoms with E-state index in [1.807, 2.05) is 30.3 Å². The summed E-state index contributed by atoms with van der Waals surface area (Å²) in [5.41, 5.74) is 7.18. The van der Waals surface area contributed by atoms with Crippen LogP contribution in [0, 0.1) is 0 Å². The number of nitrogens with zero attached hydrogens (tertiary/aromatic N) is 4. The first-order valence-electron chi connectivity index (χ1n) is 12.5. The predicted octanol–water partition coefficient (Wildman–Crippen LogP) is 6.39. The van der Waals surface area contributed by atoms with E-state index in [1.54, 1.807) is 6.07 Å². The molecule has 2 saturated carbocycles. The first kappa shape index (κ1) is 23.5. The number of nitrogen functional groups attached to an aromatic ring is 1. The van der Waals surface area contributed by atoms with Crippen molar-refractivity contribution in [3.8, 4) is 11.1 Å². The summed E-state index contributed by atoms with van der Waals surface area (Å²) < 4.78 is 47.3. The maximum Gasteiger partial charge on any atom is 0.400 e. The van der Waals surface area contributed by atoms with Crippen LogP contribution in [0.2, 0.25) is 0 Å². The molecule has 2 amide bonds. The molecule has 0 bridgehead atoms. The van der Waals surface area contributed by atoms with E-state index in [4.69, 9.17) is 10.3 Å². The van der Waals surface area contributed by atoms with Gasteiger partial charge in [0.2, 0.25) is 5.88 Å². The zero-order valence-corrected chi connectivity index (χ0v) is 20.4. The molecule has 9 nitrogen and oxygen atoms in total. The van der Waals surface area contributed by atoms with Crippen molar-refractivity contribution in [1.29, 1.82) is 0 Å². The SMILES string of the molecule is Nc1ncnc2c1c(-c1ccc(NC(=O)Nc3cc(C4(C(F)(F)F)CC4)no3)c3ccccc13)cn2C1CC1. The summed E-state index contributed by atoms with van der Waals surface area (Å²) in [6.07, 6.45) is 1.16. The smallest absolute Gasteiger partial charge is 0.383 e. The van der Waals surface area contributed by atoms with Crippen LogP contribution in [0.1, 0.15) is 37.4 Å². The second-order valence-electron chi connectivity index (χ2n) is 10.1. The first-order chi connectivity index (χ1) is 18.7. The largest absolute Gasteiger partial charge is 0.400 e. The van der Waals surface area contributed by atoms with Gasteiger partial charge in [-0.25, -0.2) is 14.8 Å². The molecule has 12 heteroatoms. The Bertz CT molecular complexity index is 1770. The maximum absolute atomic E-state index is 13.4. The van der Waals surface area contributed by atoms with Crippen LogP contribution in [0.4, 0.5) is 35.4 Å². The zero-order valence-electron chi connectivity index (χ0n) is 20.4. The van der Waals surface area contributed by atoms with Crippen LogP contribution in [0.3, 0.4) is 0 Å². The molecule has 0 radical (unpaired) electrons. The van der Waals surface area contributed by atoms with Gasteiger partial charge in [-0.2, -0.15) is 13.2 Å². The molecule has 5 aromatic rings. The molecule has 4 N–H and O–H groups in total. The van der Waals surface area contributed by atoms with E-state index in [9.17, 15) is 18.0 Å². The van der Waals surface area contributed by atoms with E-state index in [2.05, 4.69) is 36.5 Å². The number of nitrogens with two attached hydrogens (primary N) is 1. The Hall–Kier alpha value is -4.61. The highest BCUT2D eigenvalue weighted by atomic mass is 19.4. The number of urea groups is 1. The number of nitrogens with one attached hydrogen (secondary N) is 2. The molecular formula is C27H22F3N7O2. The number of anilines is 3. The van der Waals surface area contributed by atoms with Crippen LogP contribution in [-0.2, 0) is 5.41 Å². The van der Waals surface area contributed by atoms with E-state index < -0.39 is 17.6 Å². The van der Waals surface area contributed by atoms with Gasteiger partial charge in [0.15, 0.2) is 0 Å². The minimum atomic E-state index is -4.42. The minimum Gasteiger partial charge on any atom is -0.383 e. The quantitative estimate of drug-likeness (QED) is 0.240. The van der Waals surface area contributed by atoms with Crippen molar-refractivity contribution in [2.45, 2.75) is 43.3 Å². The molecule has 2 aliphatic rings. The van der Waals surface area contributed by atoms with E-state index in [-0.39, 0.29) is 24.4 Å². The van der Waals surface area contributed by atoms with Crippen molar-refractivity contribution in [3.05, 3.63) is 60.7 Å². The van der Waals surface area contributed by atoms with Gasteiger partial charge in [0, 0.05) is 29.3 Å². The highest BCUT2D eigenvalue weighted by molar-refractivity contribution is 6.13. The zero-order chi connectivity index (χ0) is 26.9. The van der Waals surface area contributed by atoms with Gasteiger partial charge in [0.25, 0.3) is 0 Å². The summed E-state index contributed by atoms with van der Waals surface area (Å²) in [5.74, 6) is 0.229. The summed E-state index contributed by atoms with van der Waals surface area (Å²) >= 11 is 0. The maximum atomic E-state index is 13.4. The number of hydrogen-bond donors (Lipinski definition) is 3. The van der Waals surface area contributed by atoms with Crippen LogP contribution < -0.4 is 16.4 Å². The normalized spacial score (nSPS) is 16.5. The molecule has 7 rings (SSSR count). The fourth-order valence-electron chi connectivity index (χ4n) is 5.22. The Morgan fingerprint density at radius 2 is 1.82 bits per heavy atom. The van der Waals surface area contributed by atoms with Crippen molar-refractivity contribution in [1.82, 2.24) is 19.7 Å². The van der Waals surface area contributed by atoms with E-state index in [0.29, 0.717) is 17.5 Å². The molecule has 3 aromatic heterocycles. The van der Waals surface area contributed by atoms with Gasteiger partial charge in [-0.3, -0.25) is 5.32 Å². The molecule has 0 aliphatic heterocycles. The average Bonchev–Trinajstić information content (AvgIpc) is 3.83. The molecule has 0 saturated heterocycles. The number of rotatable bonds is 5. The van der Waals surface area contributed by atoms with Crippen LogP contribution in [0.5, 0.6) is 0 Å². The molecule has 3 heterocycles. The third kappa shape index (κ3) is 3.77. The number of carbonyl (C=O) groups excluding carboxylic acids is 1. The number of hydrogen-bond acceptors (Lipinski definition) is 6.